The van der Waals surface area contributed by atoms with E-state index in [1.165, 1.54) is 0 Å². The first-order valence-corrected chi connectivity index (χ1v) is 7.57. The first kappa shape index (κ1) is 17.1. The molecular weight excluding hydrogens is 318 g/mol. The number of likely N-dealkylation sites (N-methyl/N-ethyl adjacent to an activating group) is 2. The average molecular weight is 342 g/mol. The van der Waals surface area contributed by atoms with Gasteiger partial charge in [0.25, 0.3) is 0 Å². The van der Waals surface area contributed by atoms with E-state index in [0.29, 0.717) is 6.54 Å². The normalized spacial score (nSPS) is 14.2. The zero-order chi connectivity index (χ0) is 15.3. The van der Waals surface area contributed by atoms with Crippen LogP contribution in [0, 0.1) is 0 Å². The Kier molecular flexibility index (Phi) is 6.65. The highest BCUT2D eigenvalue weighted by atomic mass is 79.9. The molecule has 2 N–H and O–H groups in total. The van der Waals surface area contributed by atoms with Crippen molar-refractivity contribution in [1.29, 1.82) is 0 Å². The predicted octanol–water partition coefficient (Wildman–Crippen LogP) is 2.25. The molecule has 1 rings (SSSR count). The van der Waals surface area contributed by atoms with Gasteiger partial charge in [-0.2, -0.15) is 0 Å². The Labute approximate surface area is 130 Å². The summed E-state index contributed by atoms with van der Waals surface area (Å²) < 4.78 is 1.04. The maximum absolute atomic E-state index is 11.9. The van der Waals surface area contributed by atoms with Gasteiger partial charge in [0, 0.05) is 24.6 Å². The first-order chi connectivity index (χ1) is 9.36. The third kappa shape index (κ3) is 4.58. The Balaban J connectivity index is 2.94. The molecule has 5 heteroatoms. The van der Waals surface area contributed by atoms with Crippen molar-refractivity contribution in [1.82, 2.24) is 9.80 Å². The molecule has 1 aromatic carbocycles. The molecular formula is C15H24BrN3O. The predicted molar refractivity (Wildman–Crippen MR) is 86.5 cm³/mol. The number of amides is 1. The maximum Gasteiger partial charge on any atom is 0.236 e. The molecule has 0 spiro atoms. The van der Waals surface area contributed by atoms with E-state index in [4.69, 9.17) is 5.73 Å². The fourth-order valence-corrected chi connectivity index (χ4v) is 2.43. The van der Waals surface area contributed by atoms with E-state index < -0.39 is 0 Å². The molecule has 112 valence electrons. The van der Waals surface area contributed by atoms with Crippen LogP contribution in [-0.4, -0.2) is 49.4 Å². The van der Waals surface area contributed by atoms with Gasteiger partial charge < -0.3 is 10.6 Å². The lowest BCUT2D eigenvalue weighted by atomic mass is 9.96. The van der Waals surface area contributed by atoms with Crippen LogP contribution in [-0.2, 0) is 4.79 Å². The van der Waals surface area contributed by atoms with Crippen molar-refractivity contribution in [3.63, 3.8) is 0 Å². The van der Waals surface area contributed by atoms with Crippen LogP contribution in [0.3, 0.4) is 0 Å². The second kappa shape index (κ2) is 7.76. The van der Waals surface area contributed by atoms with Crippen LogP contribution in [0.15, 0.2) is 28.7 Å². The third-order valence-electron chi connectivity index (χ3n) is 3.45. The molecule has 0 heterocycles. The van der Waals surface area contributed by atoms with Gasteiger partial charge in [0.05, 0.1) is 12.6 Å². The Morgan fingerprint density at radius 2 is 1.80 bits per heavy atom. The molecule has 2 unspecified atom stereocenters. The van der Waals surface area contributed by atoms with Crippen molar-refractivity contribution >= 4 is 21.8 Å². The summed E-state index contributed by atoms with van der Waals surface area (Å²) in [6.45, 7) is 2.43. The van der Waals surface area contributed by atoms with Gasteiger partial charge in [-0.3, -0.25) is 9.69 Å². The zero-order valence-corrected chi connectivity index (χ0v) is 14.2. The van der Waals surface area contributed by atoms with Crippen molar-refractivity contribution in [3.05, 3.63) is 34.3 Å². The summed E-state index contributed by atoms with van der Waals surface area (Å²) in [7, 11) is 5.48. The SMILES string of the molecule is CCC(N)C(c1ccc(Br)cc1)N(C)CC(=O)N(C)C. The van der Waals surface area contributed by atoms with Crippen LogP contribution >= 0.6 is 15.9 Å². The second-order valence-electron chi connectivity index (χ2n) is 5.27. The van der Waals surface area contributed by atoms with Gasteiger partial charge in [0.15, 0.2) is 0 Å². The summed E-state index contributed by atoms with van der Waals surface area (Å²) in [5.41, 5.74) is 7.40. The molecule has 1 aromatic rings. The summed E-state index contributed by atoms with van der Waals surface area (Å²) in [6, 6.07) is 8.16. The fraction of sp³-hybridized carbons (Fsp3) is 0.533. The van der Waals surface area contributed by atoms with Gasteiger partial charge in [-0.15, -0.1) is 0 Å². The molecule has 0 bridgehead atoms. The van der Waals surface area contributed by atoms with Gasteiger partial charge in [0.2, 0.25) is 5.91 Å². The Bertz CT molecular complexity index is 433. The highest BCUT2D eigenvalue weighted by Gasteiger charge is 2.24. The van der Waals surface area contributed by atoms with E-state index in [0.717, 1.165) is 16.5 Å². The van der Waals surface area contributed by atoms with Crippen molar-refractivity contribution < 1.29 is 4.79 Å². The van der Waals surface area contributed by atoms with E-state index in [9.17, 15) is 4.79 Å². The highest BCUT2D eigenvalue weighted by Crippen LogP contribution is 2.25. The molecule has 2 atom stereocenters. The summed E-state index contributed by atoms with van der Waals surface area (Å²) >= 11 is 3.44. The number of hydrogen-bond acceptors (Lipinski definition) is 3. The van der Waals surface area contributed by atoms with Gasteiger partial charge in [-0.25, -0.2) is 0 Å². The van der Waals surface area contributed by atoms with E-state index in [2.05, 4.69) is 35.0 Å². The lowest BCUT2D eigenvalue weighted by molar-refractivity contribution is -0.130. The van der Waals surface area contributed by atoms with Crippen molar-refractivity contribution in [3.8, 4) is 0 Å². The molecule has 0 fully saturated rings. The lowest BCUT2D eigenvalue weighted by Gasteiger charge is -2.33. The number of nitrogens with zero attached hydrogens (tertiary/aromatic N) is 2. The van der Waals surface area contributed by atoms with Crippen molar-refractivity contribution in [2.45, 2.75) is 25.4 Å². The number of halogens is 1. The Hall–Kier alpha value is -0.910. The standard InChI is InChI=1S/C15H24BrN3O/c1-5-13(17)15(11-6-8-12(16)9-7-11)19(4)10-14(20)18(2)3/h6-9,13,15H,5,10,17H2,1-4H3. The van der Waals surface area contributed by atoms with Gasteiger partial charge in [0.1, 0.15) is 0 Å². The zero-order valence-electron chi connectivity index (χ0n) is 12.6. The van der Waals surface area contributed by atoms with E-state index >= 15 is 0 Å². The number of nitrogens with two attached hydrogens (primary N) is 1. The topological polar surface area (TPSA) is 49.6 Å². The number of carbonyl (C=O) groups excluding carboxylic acids is 1. The monoisotopic (exact) mass is 341 g/mol. The van der Waals surface area contributed by atoms with Gasteiger partial charge in [-0.1, -0.05) is 35.0 Å². The van der Waals surface area contributed by atoms with E-state index in [1.807, 2.05) is 24.1 Å². The highest BCUT2D eigenvalue weighted by molar-refractivity contribution is 9.10. The molecule has 0 aromatic heterocycles. The Morgan fingerprint density at radius 3 is 2.25 bits per heavy atom. The smallest absolute Gasteiger partial charge is 0.236 e. The Morgan fingerprint density at radius 1 is 1.25 bits per heavy atom. The molecule has 0 saturated heterocycles. The number of benzene rings is 1. The first-order valence-electron chi connectivity index (χ1n) is 6.78. The fourth-order valence-electron chi connectivity index (χ4n) is 2.16. The minimum atomic E-state index is -0.00358. The number of rotatable bonds is 6. The van der Waals surface area contributed by atoms with Crippen molar-refractivity contribution in [2.75, 3.05) is 27.7 Å². The largest absolute Gasteiger partial charge is 0.348 e. The molecule has 0 radical (unpaired) electrons. The second-order valence-corrected chi connectivity index (χ2v) is 6.19. The average Bonchev–Trinajstić information content (AvgIpc) is 2.40. The number of hydrogen-bond donors (Lipinski definition) is 1. The molecule has 0 aliphatic rings. The quantitative estimate of drug-likeness (QED) is 0.863. The molecule has 4 nitrogen and oxygen atoms in total. The molecule has 20 heavy (non-hydrogen) atoms. The maximum atomic E-state index is 11.9. The summed E-state index contributed by atoms with van der Waals surface area (Å²) in [4.78, 5) is 15.5. The van der Waals surface area contributed by atoms with E-state index in [1.54, 1.807) is 19.0 Å². The minimum Gasteiger partial charge on any atom is -0.348 e. The molecule has 0 saturated carbocycles. The van der Waals surface area contributed by atoms with E-state index in [-0.39, 0.29) is 18.0 Å². The third-order valence-corrected chi connectivity index (χ3v) is 3.98. The molecule has 0 aliphatic heterocycles. The minimum absolute atomic E-state index is 0.00358. The van der Waals surface area contributed by atoms with Crippen molar-refractivity contribution in [2.24, 2.45) is 5.73 Å². The van der Waals surface area contributed by atoms with Crippen LogP contribution < -0.4 is 5.73 Å². The van der Waals surface area contributed by atoms with Gasteiger partial charge in [-0.05, 0) is 31.2 Å². The lowest BCUT2D eigenvalue weighted by Crippen LogP contribution is -2.43. The number of carbonyl (C=O) groups is 1. The van der Waals surface area contributed by atoms with Crippen LogP contribution in [0.4, 0.5) is 0 Å². The summed E-state index contributed by atoms with van der Waals surface area (Å²) in [5, 5.41) is 0. The van der Waals surface area contributed by atoms with Gasteiger partial charge >= 0.3 is 0 Å². The van der Waals surface area contributed by atoms with Crippen LogP contribution in [0.25, 0.3) is 0 Å². The van der Waals surface area contributed by atoms with Crippen LogP contribution in [0.5, 0.6) is 0 Å². The molecule has 1 amide bonds. The molecule has 0 aliphatic carbocycles. The van der Waals surface area contributed by atoms with Crippen LogP contribution in [0.2, 0.25) is 0 Å². The summed E-state index contributed by atoms with van der Waals surface area (Å²) in [6.07, 6.45) is 0.862. The summed E-state index contributed by atoms with van der Waals surface area (Å²) in [5.74, 6) is 0.0814. The van der Waals surface area contributed by atoms with Crippen LogP contribution in [0.1, 0.15) is 24.9 Å².